The Balaban J connectivity index is 2.20. The van der Waals surface area contributed by atoms with Gasteiger partial charge in [-0.1, -0.05) is 0 Å². The van der Waals surface area contributed by atoms with E-state index >= 15 is 0 Å². The minimum absolute atomic E-state index is 0.0860. The smallest absolute Gasteiger partial charge is 0.269 e. The van der Waals surface area contributed by atoms with Crippen molar-refractivity contribution < 1.29 is 4.79 Å². The van der Waals surface area contributed by atoms with E-state index in [1.165, 1.54) is 6.42 Å². The Morgan fingerprint density at radius 3 is 2.78 bits per heavy atom. The maximum absolute atomic E-state index is 10.9. The molecule has 2 atom stereocenters. The molecule has 0 bridgehead atoms. The van der Waals surface area contributed by atoms with Crippen molar-refractivity contribution in [1.82, 2.24) is 10.2 Å². The van der Waals surface area contributed by atoms with E-state index in [1.54, 1.807) is 12.1 Å². The average molecular weight is 249 g/mol. The Bertz CT molecular complexity index is 417. The van der Waals surface area contributed by atoms with E-state index in [2.05, 4.69) is 15.1 Å². The van der Waals surface area contributed by atoms with Gasteiger partial charge in [0.1, 0.15) is 0 Å². The number of aromatic nitrogens is 2. The van der Waals surface area contributed by atoms with Crippen LogP contribution < -0.4 is 16.4 Å². The molecule has 1 aromatic heterocycles. The summed E-state index contributed by atoms with van der Waals surface area (Å²) < 4.78 is 0. The fraction of sp³-hybridized carbons (Fsp3) is 0.583. The zero-order valence-electron chi connectivity index (χ0n) is 10.5. The number of piperidine rings is 1. The number of hydrogen-bond acceptors (Lipinski definition) is 5. The summed E-state index contributed by atoms with van der Waals surface area (Å²) in [6.07, 6.45) is 3.38. The van der Waals surface area contributed by atoms with Gasteiger partial charge < -0.3 is 16.4 Å². The third kappa shape index (κ3) is 2.59. The number of rotatable bonds is 3. The van der Waals surface area contributed by atoms with Crippen molar-refractivity contribution in [1.29, 1.82) is 0 Å². The molecule has 1 aromatic rings. The molecule has 1 saturated heterocycles. The second kappa shape index (κ2) is 5.30. The van der Waals surface area contributed by atoms with Crippen LogP contribution in [0.5, 0.6) is 0 Å². The topological polar surface area (TPSA) is 98.1 Å². The summed E-state index contributed by atoms with van der Waals surface area (Å²) in [6, 6.07) is 3.76. The minimum atomic E-state index is -0.559. The first-order valence-corrected chi connectivity index (χ1v) is 6.25. The molecule has 6 nitrogen and oxygen atoms in total. The van der Waals surface area contributed by atoms with Crippen LogP contribution in [0.25, 0.3) is 0 Å². The number of hydrogen-bond donors (Lipinski definition) is 2. The molecule has 0 radical (unpaired) electrons. The molecule has 98 valence electrons. The highest BCUT2D eigenvalue weighted by Crippen LogP contribution is 2.24. The predicted molar refractivity (Wildman–Crippen MR) is 69.2 cm³/mol. The second-order valence-corrected chi connectivity index (χ2v) is 4.76. The monoisotopic (exact) mass is 249 g/mol. The highest BCUT2D eigenvalue weighted by Gasteiger charge is 2.26. The lowest BCUT2D eigenvalue weighted by Crippen LogP contribution is -2.49. The van der Waals surface area contributed by atoms with Crippen LogP contribution in [0.1, 0.15) is 36.7 Å². The van der Waals surface area contributed by atoms with E-state index in [9.17, 15) is 4.79 Å². The Morgan fingerprint density at radius 2 is 2.22 bits per heavy atom. The molecule has 2 rings (SSSR count). The fourth-order valence-electron chi connectivity index (χ4n) is 2.40. The van der Waals surface area contributed by atoms with Crippen molar-refractivity contribution in [3.63, 3.8) is 0 Å². The highest BCUT2D eigenvalue weighted by molar-refractivity contribution is 5.90. The summed E-state index contributed by atoms with van der Waals surface area (Å²) in [5, 5.41) is 7.92. The van der Waals surface area contributed by atoms with Crippen molar-refractivity contribution in [3.05, 3.63) is 17.8 Å². The van der Waals surface area contributed by atoms with E-state index < -0.39 is 5.91 Å². The van der Waals surface area contributed by atoms with Crippen LogP contribution in [-0.2, 0) is 0 Å². The first-order chi connectivity index (χ1) is 8.59. The van der Waals surface area contributed by atoms with Gasteiger partial charge in [-0.2, -0.15) is 0 Å². The van der Waals surface area contributed by atoms with Crippen LogP contribution in [0.3, 0.4) is 0 Å². The molecule has 0 aromatic carbocycles. The molecule has 0 aliphatic carbocycles. The number of carbonyl (C=O) groups is 1. The van der Waals surface area contributed by atoms with Gasteiger partial charge in [-0.3, -0.25) is 4.79 Å². The Hall–Kier alpha value is -1.69. The lowest BCUT2D eigenvalue weighted by Gasteiger charge is -2.38. The van der Waals surface area contributed by atoms with Crippen LogP contribution in [0.15, 0.2) is 12.1 Å². The Labute approximate surface area is 106 Å². The van der Waals surface area contributed by atoms with Crippen molar-refractivity contribution in [3.8, 4) is 0 Å². The van der Waals surface area contributed by atoms with Crippen LogP contribution in [0.2, 0.25) is 0 Å². The molecule has 2 heterocycles. The van der Waals surface area contributed by atoms with Gasteiger partial charge in [-0.05, 0) is 38.3 Å². The van der Waals surface area contributed by atoms with E-state index in [1.807, 2.05) is 6.92 Å². The zero-order chi connectivity index (χ0) is 13.1. The molecule has 1 aliphatic rings. The normalized spacial score (nSPS) is 21.7. The standard InChI is InChI=1S/C12H19N5O/c1-8(13)10-4-2-3-7-17(10)11-6-5-9(12(14)18)15-16-11/h5-6,8,10H,2-4,7,13H2,1H3,(H2,14,18). The number of nitrogens with two attached hydrogens (primary N) is 2. The third-order valence-corrected chi connectivity index (χ3v) is 3.35. The molecule has 0 spiro atoms. The van der Waals surface area contributed by atoms with Gasteiger partial charge in [-0.15, -0.1) is 10.2 Å². The van der Waals surface area contributed by atoms with Gasteiger partial charge in [0.15, 0.2) is 11.5 Å². The highest BCUT2D eigenvalue weighted by atomic mass is 16.1. The van der Waals surface area contributed by atoms with Crippen LogP contribution in [-0.4, -0.2) is 34.7 Å². The molecule has 18 heavy (non-hydrogen) atoms. The number of carbonyl (C=O) groups excluding carboxylic acids is 1. The average Bonchev–Trinajstić information content (AvgIpc) is 2.39. The van der Waals surface area contributed by atoms with Crippen molar-refractivity contribution in [2.45, 2.75) is 38.3 Å². The number of primary amides is 1. The SMILES string of the molecule is CC(N)C1CCCCN1c1ccc(C(N)=O)nn1. The summed E-state index contributed by atoms with van der Waals surface area (Å²) in [4.78, 5) is 13.1. The third-order valence-electron chi connectivity index (χ3n) is 3.35. The van der Waals surface area contributed by atoms with Gasteiger partial charge in [0.05, 0.1) is 0 Å². The number of amides is 1. The largest absolute Gasteiger partial charge is 0.364 e. The fourth-order valence-corrected chi connectivity index (χ4v) is 2.40. The van der Waals surface area contributed by atoms with Crippen LogP contribution >= 0.6 is 0 Å². The van der Waals surface area contributed by atoms with Gasteiger partial charge >= 0.3 is 0 Å². The summed E-state index contributed by atoms with van der Waals surface area (Å²) in [5.74, 6) is 0.207. The maximum Gasteiger partial charge on any atom is 0.269 e. The van der Waals surface area contributed by atoms with E-state index in [-0.39, 0.29) is 17.8 Å². The van der Waals surface area contributed by atoms with E-state index in [0.717, 1.165) is 25.2 Å². The molecule has 6 heteroatoms. The molecule has 1 fully saturated rings. The van der Waals surface area contributed by atoms with Crippen molar-refractivity contribution in [2.24, 2.45) is 11.5 Å². The molecular weight excluding hydrogens is 230 g/mol. The summed E-state index contributed by atoms with van der Waals surface area (Å²) >= 11 is 0. The number of nitrogens with zero attached hydrogens (tertiary/aromatic N) is 3. The van der Waals surface area contributed by atoms with Gasteiger partial charge in [0, 0.05) is 18.6 Å². The molecule has 4 N–H and O–H groups in total. The number of anilines is 1. The van der Waals surface area contributed by atoms with E-state index in [0.29, 0.717) is 0 Å². The van der Waals surface area contributed by atoms with Gasteiger partial charge in [-0.25, -0.2) is 0 Å². The predicted octanol–water partition coefficient (Wildman–Crippen LogP) is 0.282. The quantitative estimate of drug-likeness (QED) is 0.801. The molecule has 1 aliphatic heterocycles. The minimum Gasteiger partial charge on any atom is -0.364 e. The Kier molecular flexibility index (Phi) is 3.76. The second-order valence-electron chi connectivity index (χ2n) is 4.76. The molecule has 1 amide bonds. The molecule has 2 unspecified atom stereocenters. The van der Waals surface area contributed by atoms with Gasteiger partial charge in [0.25, 0.3) is 5.91 Å². The first kappa shape index (κ1) is 12.8. The first-order valence-electron chi connectivity index (χ1n) is 6.25. The lowest BCUT2D eigenvalue weighted by atomic mass is 9.97. The lowest BCUT2D eigenvalue weighted by molar-refractivity contribution is 0.0994. The molecule has 0 saturated carbocycles. The summed E-state index contributed by atoms with van der Waals surface area (Å²) in [7, 11) is 0. The van der Waals surface area contributed by atoms with Crippen LogP contribution in [0.4, 0.5) is 5.82 Å². The zero-order valence-corrected chi connectivity index (χ0v) is 10.5. The van der Waals surface area contributed by atoms with Crippen molar-refractivity contribution in [2.75, 3.05) is 11.4 Å². The van der Waals surface area contributed by atoms with E-state index in [4.69, 9.17) is 11.5 Å². The van der Waals surface area contributed by atoms with Crippen LogP contribution in [0, 0.1) is 0 Å². The summed E-state index contributed by atoms with van der Waals surface area (Å²) in [6.45, 7) is 2.94. The van der Waals surface area contributed by atoms with Crippen molar-refractivity contribution >= 4 is 11.7 Å². The maximum atomic E-state index is 10.9. The van der Waals surface area contributed by atoms with Gasteiger partial charge in [0.2, 0.25) is 0 Å². The Morgan fingerprint density at radius 1 is 1.44 bits per heavy atom. The molecular formula is C12H19N5O. The summed E-state index contributed by atoms with van der Waals surface area (Å²) in [5.41, 5.74) is 11.3.